The van der Waals surface area contributed by atoms with Gasteiger partial charge in [-0.1, -0.05) is 34.1 Å². The molecule has 8 heteroatoms. The van der Waals surface area contributed by atoms with Crippen LogP contribution in [0.15, 0.2) is 70.0 Å². The first-order valence-electron chi connectivity index (χ1n) is 11.2. The zero-order valence-electron chi connectivity index (χ0n) is 19.0. The second-order valence-corrected chi connectivity index (χ2v) is 11.5. The molecule has 0 N–H and O–H groups in total. The smallest absolute Gasteiger partial charge is 0.265 e. The molecule has 34 heavy (non-hydrogen) atoms. The van der Waals surface area contributed by atoms with Gasteiger partial charge < -0.3 is 9.64 Å². The molecule has 0 bridgehead atoms. The Morgan fingerprint density at radius 1 is 1.06 bits per heavy atom. The Balaban J connectivity index is 1.31. The summed E-state index contributed by atoms with van der Waals surface area (Å²) in [6.45, 7) is 4.13. The molecule has 176 valence electrons. The van der Waals surface area contributed by atoms with Gasteiger partial charge in [-0.2, -0.15) is 0 Å². The molecule has 0 fully saturated rings. The van der Waals surface area contributed by atoms with Crippen molar-refractivity contribution >= 4 is 43.2 Å². The molecule has 0 aliphatic carbocycles. The largest absolute Gasteiger partial charge is 0.483 e. The van der Waals surface area contributed by atoms with Crippen LogP contribution in [0.5, 0.6) is 5.75 Å². The number of amides is 1. The molecule has 1 unspecified atom stereocenters. The van der Waals surface area contributed by atoms with Gasteiger partial charge in [-0.15, -0.1) is 0 Å². The number of ether oxygens (including phenoxy) is 1. The average Bonchev–Trinajstić information content (AvgIpc) is 3.38. The molecule has 0 saturated carbocycles. The predicted molar refractivity (Wildman–Crippen MR) is 136 cm³/mol. The molecule has 1 atom stereocenters. The molecule has 0 aromatic heterocycles. The quantitative estimate of drug-likeness (QED) is 0.463. The zero-order chi connectivity index (χ0) is 24.0. The Labute approximate surface area is 208 Å². The van der Waals surface area contributed by atoms with Crippen molar-refractivity contribution in [2.24, 2.45) is 0 Å². The second-order valence-electron chi connectivity index (χ2n) is 8.76. The van der Waals surface area contributed by atoms with Crippen LogP contribution in [0, 0.1) is 6.92 Å². The molecule has 2 heterocycles. The number of hydrogen-bond donors (Lipinski definition) is 0. The van der Waals surface area contributed by atoms with Crippen molar-refractivity contribution in [2.75, 3.05) is 22.4 Å². The number of carbonyl (C=O) groups excluding carboxylic acids is 1. The highest BCUT2D eigenvalue weighted by atomic mass is 79.9. The van der Waals surface area contributed by atoms with Crippen LogP contribution in [0.2, 0.25) is 0 Å². The molecule has 6 nitrogen and oxygen atoms in total. The lowest BCUT2D eigenvalue weighted by atomic mass is 10.1. The summed E-state index contributed by atoms with van der Waals surface area (Å²) in [4.78, 5) is 15.0. The first-order valence-corrected chi connectivity index (χ1v) is 13.4. The number of hydrogen-bond acceptors (Lipinski definition) is 4. The maximum Gasteiger partial charge on any atom is 0.265 e. The van der Waals surface area contributed by atoms with Gasteiger partial charge in [0.15, 0.2) is 6.61 Å². The fourth-order valence-electron chi connectivity index (χ4n) is 4.82. The van der Waals surface area contributed by atoms with Gasteiger partial charge in [-0.25, -0.2) is 8.42 Å². The Morgan fingerprint density at radius 2 is 1.85 bits per heavy atom. The van der Waals surface area contributed by atoms with E-state index in [4.69, 9.17) is 4.74 Å². The number of aryl methyl sites for hydroxylation is 1. The van der Waals surface area contributed by atoms with Crippen LogP contribution in [-0.2, 0) is 27.7 Å². The third kappa shape index (κ3) is 3.99. The summed E-state index contributed by atoms with van der Waals surface area (Å²) in [5.74, 6) is 0.371. The molecule has 0 spiro atoms. The fraction of sp³-hybridized carbons (Fsp3) is 0.269. The minimum atomic E-state index is -3.68. The summed E-state index contributed by atoms with van der Waals surface area (Å²) >= 11 is 3.49. The molecule has 0 radical (unpaired) electrons. The van der Waals surface area contributed by atoms with Crippen LogP contribution in [0.1, 0.15) is 23.6 Å². The molecule has 3 aromatic carbocycles. The third-order valence-electron chi connectivity index (χ3n) is 6.46. The van der Waals surface area contributed by atoms with E-state index in [-0.39, 0.29) is 23.5 Å². The lowest BCUT2D eigenvalue weighted by molar-refractivity contribution is -0.120. The van der Waals surface area contributed by atoms with Crippen LogP contribution in [0.3, 0.4) is 0 Å². The number of benzene rings is 3. The maximum atomic E-state index is 13.3. The van der Waals surface area contributed by atoms with Crippen molar-refractivity contribution in [2.45, 2.75) is 37.6 Å². The van der Waals surface area contributed by atoms with Crippen molar-refractivity contribution in [3.8, 4) is 5.75 Å². The summed E-state index contributed by atoms with van der Waals surface area (Å²) in [5, 5.41) is 0. The number of carbonyl (C=O) groups is 1. The van der Waals surface area contributed by atoms with E-state index in [9.17, 15) is 13.2 Å². The first-order chi connectivity index (χ1) is 16.3. The minimum absolute atomic E-state index is 0.0531. The fourth-order valence-corrected chi connectivity index (χ4v) is 6.82. The van der Waals surface area contributed by atoms with Gasteiger partial charge in [0.2, 0.25) is 0 Å². The monoisotopic (exact) mass is 540 g/mol. The number of anilines is 2. The van der Waals surface area contributed by atoms with Crippen LogP contribution in [0.4, 0.5) is 11.4 Å². The molecule has 0 saturated heterocycles. The number of rotatable bonds is 5. The van der Waals surface area contributed by atoms with E-state index in [2.05, 4.69) is 15.9 Å². The number of sulfonamides is 1. The van der Waals surface area contributed by atoms with Gasteiger partial charge in [0.25, 0.3) is 15.9 Å². The van der Waals surface area contributed by atoms with E-state index in [1.165, 1.54) is 4.31 Å². The summed E-state index contributed by atoms with van der Waals surface area (Å²) in [6, 6.07) is 18.3. The topological polar surface area (TPSA) is 66.9 Å². The summed E-state index contributed by atoms with van der Waals surface area (Å²) in [5.41, 5.74) is 4.47. The van der Waals surface area contributed by atoms with Gasteiger partial charge in [-0.3, -0.25) is 9.10 Å². The van der Waals surface area contributed by atoms with Crippen molar-refractivity contribution in [1.29, 1.82) is 0 Å². The van der Waals surface area contributed by atoms with Crippen molar-refractivity contribution in [3.63, 3.8) is 0 Å². The van der Waals surface area contributed by atoms with E-state index < -0.39 is 10.0 Å². The van der Waals surface area contributed by atoms with Crippen molar-refractivity contribution < 1.29 is 17.9 Å². The van der Waals surface area contributed by atoms with E-state index >= 15 is 0 Å². The van der Waals surface area contributed by atoms with Gasteiger partial charge >= 0.3 is 0 Å². The van der Waals surface area contributed by atoms with Crippen LogP contribution >= 0.6 is 15.9 Å². The summed E-state index contributed by atoms with van der Waals surface area (Å²) < 4.78 is 34.9. The Hall–Kier alpha value is -2.84. The van der Waals surface area contributed by atoms with E-state index in [1.807, 2.05) is 49.4 Å². The standard InChI is InChI=1S/C26H25BrN2O4S/c1-17-13-22(34(31,32)28-12-11-19-5-3-4-6-23(19)28)8-10-25(17)33-16-26(30)29-18(2)14-20-15-21(27)7-9-24(20)29/h3-10,13,15,18H,11-12,14,16H2,1-2H3. The van der Waals surface area contributed by atoms with Crippen molar-refractivity contribution in [1.82, 2.24) is 0 Å². The zero-order valence-corrected chi connectivity index (χ0v) is 21.4. The van der Waals surface area contributed by atoms with Crippen LogP contribution in [0.25, 0.3) is 0 Å². The molecule has 5 rings (SSSR count). The molecular formula is C26H25BrN2O4S. The summed E-state index contributed by atoms with van der Waals surface area (Å²) in [6.07, 6.45) is 1.50. The Morgan fingerprint density at radius 3 is 2.65 bits per heavy atom. The first kappa shape index (κ1) is 22.9. The lowest BCUT2D eigenvalue weighted by Gasteiger charge is -2.23. The lowest BCUT2D eigenvalue weighted by Crippen LogP contribution is -2.39. The average molecular weight is 541 g/mol. The van der Waals surface area contributed by atoms with Gasteiger partial charge in [0.05, 0.1) is 10.6 Å². The number of halogens is 1. The molecule has 3 aromatic rings. The molecule has 2 aliphatic heterocycles. The third-order valence-corrected chi connectivity index (χ3v) is 8.76. The molecule has 1 amide bonds. The van der Waals surface area contributed by atoms with Crippen molar-refractivity contribution in [3.05, 3.63) is 81.8 Å². The Bertz CT molecular complexity index is 1390. The number of nitrogens with zero attached hydrogens (tertiary/aromatic N) is 2. The molecular weight excluding hydrogens is 516 g/mol. The van der Waals surface area contributed by atoms with Gasteiger partial charge in [-0.05, 0) is 85.8 Å². The van der Waals surface area contributed by atoms with Crippen LogP contribution < -0.4 is 13.9 Å². The van der Waals surface area contributed by atoms with E-state index in [0.717, 1.165) is 33.4 Å². The van der Waals surface area contributed by atoms with E-state index in [0.29, 0.717) is 24.3 Å². The van der Waals surface area contributed by atoms with Gasteiger partial charge in [0, 0.05) is 22.7 Å². The molecule has 2 aliphatic rings. The highest BCUT2D eigenvalue weighted by Gasteiger charge is 2.32. The maximum absolute atomic E-state index is 13.3. The number of fused-ring (bicyclic) bond motifs is 2. The predicted octanol–water partition coefficient (Wildman–Crippen LogP) is 4.87. The SMILES string of the molecule is Cc1cc(S(=O)(=O)N2CCc3ccccc32)ccc1OCC(=O)N1c2ccc(Br)cc2CC1C. The number of para-hydroxylation sites is 1. The highest BCUT2D eigenvalue weighted by Crippen LogP contribution is 2.35. The Kier molecular flexibility index (Phi) is 5.90. The van der Waals surface area contributed by atoms with Gasteiger partial charge in [0.1, 0.15) is 5.75 Å². The minimum Gasteiger partial charge on any atom is -0.483 e. The van der Waals surface area contributed by atoms with E-state index in [1.54, 1.807) is 30.0 Å². The van der Waals surface area contributed by atoms with Crippen LogP contribution in [-0.4, -0.2) is 33.5 Å². The highest BCUT2D eigenvalue weighted by molar-refractivity contribution is 9.10. The summed E-state index contributed by atoms with van der Waals surface area (Å²) in [7, 11) is -3.68. The normalized spacial score (nSPS) is 17.0. The second kappa shape index (κ2) is 8.74.